The van der Waals surface area contributed by atoms with Gasteiger partial charge in [0.2, 0.25) is 0 Å². The number of hydrogen-bond donors (Lipinski definition) is 5. The standard InChI is InChI=1S/C33H27ClFN7O3.CH2O2/c34-28-7-5-21(14-30(28)43)27-19-40-33(26(16-37)32(27)22-3-4-23(15-36)29(35)13-22)42-11-9-24(10-12-42)39-18-25-6-1-20(17-38-25)2-8-31(44)41-45;2-1-3/h1-8,13-14,17,19,24,39,43,45H,9-12,18H2,(H,41,44);1H,(H,2,3)/b8-2+;. The van der Waals surface area contributed by atoms with Gasteiger partial charge in [-0.3, -0.25) is 19.8 Å². The first-order valence-electron chi connectivity index (χ1n) is 14.5. The SMILES string of the molecule is N#Cc1ccc(-c2c(-c3ccc(Cl)c(O)c3)cnc(N3CCC(NCc4ccc(/C=C/C(=O)NO)cn4)CC3)c2C#N)cc1F.O=CO. The Morgan fingerprint density at radius 2 is 1.79 bits per heavy atom. The zero-order valence-corrected chi connectivity index (χ0v) is 26.0. The summed E-state index contributed by atoms with van der Waals surface area (Å²) in [7, 11) is 0. The third kappa shape index (κ3) is 8.48. The molecule has 2 aromatic heterocycles. The number of phenols is 1. The molecule has 0 aliphatic carbocycles. The first kappa shape index (κ1) is 35.0. The molecule has 1 saturated heterocycles. The molecule has 48 heavy (non-hydrogen) atoms. The summed E-state index contributed by atoms with van der Waals surface area (Å²) >= 11 is 6.03. The molecule has 0 saturated carbocycles. The van der Waals surface area contributed by atoms with Crippen molar-refractivity contribution in [2.24, 2.45) is 0 Å². The summed E-state index contributed by atoms with van der Waals surface area (Å²) in [6.45, 7) is 1.53. The van der Waals surface area contributed by atoms with Gasteiger partial charge in [-0.15, -0.1) is 0 Å². The van der Waals surface area contributed by atoms with Gasteiger partial charge in [0.25, 0.3) is 12.4 Å². The number of amides is 1. The smallest absolute Gasteiger partial charge is 0.290 e. The number of pyridine rings is 2. The fourth-order valence-electron chi connectivity index (χ4n) is 5.20. The highest BCUT2D eigenvalue weighted by atomic mass is 35.5. The average molecular weight is 670 g/mol. The molecule has 1 aliphatic heterocycles. The van der Waals surface area contributed by atoms with E-state index in [-0.39, 0.29) is 34.4 Å². The van der Waals surface area contributed by atoms with Crippen LogP contribution < -0.4 is 15.7 Å². The summed E-state index contributed by atoms with van der Waals surface area (Å²) in [5.41, 5.74) is 5.13. The maximum atomic E-state index is 14.8. The molecule has 2 aromatic carbocycles. The highest BCUT2D eigenvalue weighted by Crippen LogP contribution is 2.41. The second-order valence-corrected chi connectivity index (χ2v) is 10.9. The van der Waals surface area contributed by atoms with Crippen LogP contribution in [0.4, 0.5) is 10.2 Å². The fraction of sp³-hybridized carbons (Fsp3) is 0.176. The molecule has 244 valence electrons. The van der Waals surface area contributed by atoms with Crippen molar-refractivity contribution in [1.82, 2.24) is 20.8 Å². The van der Waals surface area contributed by atoms with Crippen molar-refractivity contribution >= 4 is 35.9 Å². The minimum atomic E-state index is -0.705. The van der Waals surface area contributed by atoms with Crippen molar-refractivity contribution in [3.05, 3.63) is 100 Å². The van der Waals surface area contributed by atoms with E-state index in [1.807, 2.05) is 23.1 Å². The quantitative estimate of drug-likeness (QED) is 0.0730. The van der Waals surface area contributed by atoms with Gasteiger partial charge in [0, 0.05) is 55.3 Å². The van der Waals surface area contributed by atoms with Gasteiger partial charge in [-0.25, -0.2) is 14.9 Å². The molecule has 5 N–H and O–H groups in total. The van der Waals surface area contributed by atoms with Crippen LogP contribution in [0.15, 0.2) is 67.0 Å². The molecule has 4 aromatic rings. The summed E-state index contributed by atoms with van der Waals surface area (Å²) in [6, 6.07) is 16.9. The van der Waals surface area contributed by atoms with Crippen molar-refractivity contribution in [2.75, 3.05) is 18.0 Å². The Labute approximate surface area is 280 Å². The van der Waals surface area contributed by atoms with E-state index in [1.165, 1.54) is 35.8 Å². The van der Waals surface area contributed by atoms with Crippen LogP contribution in [0, 0.1) is 28.5 Å². The van der Waals surface area contributed by atoms with Crippen molar-refractivity contribution < 1.29 is 29.4 Å². The Kier molecular flexibility index (Phi) is 12.1. The number of piperidine rings is 1. The Morgan fingerprint density at radius 1 is 1.06 bits per heavy atom. The molecule has 0 unspecified atom stereocenters. The number of carbonyl (C=O) groups excluding carboxylic acids is 1. The van der Waals surface area contributed by atoms with Crippen molar-refractivity contribution in [2.45, 2.75) is 25.4 Å². The zero-order valence-electron chi connectivity index (χ0n) is 25.3. The molecule has 0 spiro atoms. The predicted molar refractivity (Wildman–Crippen MR) is 175 cm³/mol. The van der Waals surface area contributed by atoms with Crippen LogP contribution in [0.3, 0.4) is 0 Å². The average Bonchev–Trinajstić information content (AvgIpc) is 3.11. The molecule has 0 atom stereocenters. The van der Waals surface area contributed by atoms with E-state index in [1.54, 1.807) is 30.6 Å². The monoisotopic (exact) mass is 669 g/mol. The van der Waals surface area contributed by atoms with E-state index in [4.69, 9.17) is 26.7 Å². The topological polar surface area (TPSA) is 195 Å². The molecule has 3 heterocycles. The lowest BCUT2D eigenvalue weighted by Crippen LogP contribution is -2.43. The molecule has 1 fully saturated rings. The molecular formula is C34H29ClFN7O5. The van der Waals surface area contributed by atoms with Crippen LogP contribution in [0.2, 0.25) is 5.02 Å². The van der Waals surface area contributed by atoms with Crippen LogP contribution in [-0.2, 0) is 16.1 Å². The van der Waals surface area contributed by atoms with Crippen LogP contribution >= 0.6 is 11.6 Å². The van der Waals surface area contributed by atoms with E-state index in [9.17, 15) is 24.8 Å². The van der Waals surface area contributed by atoms with Gasteiger partial charge in [0.15, 0.2) is 0 Å². The van der Waals surface area contributed by atoms with E-state index in [0.29, 0.717) is 47.7 Å². The molecule has 5 rings (SSSR count). The number of aromatic nitrogens is 2. The second-order valence-electron chi connectivity index (χ2n) is 10.5. The van der Waals surface area contributed by atoms with E-state index in [2.05, 4.69) is 21.4 Å². The van der Waals surface area contributed by atoms with Gasteiger partial charge in [-0.1, -0.05) is 29.8 Å². The largest absolute Gasteiger partial charge is 0.506 e. The van der Waals surface area contributed by atoms with Crippen molar-refractivity contribution in [3.8, 4) is 40.1 Å². The van der Waals surface area contributed by atoms with Crippen molar-refractivity contribution in [1.29, 1.82) is 10.5 Å². The highest BCUT2D eigenvalue weighted by Gasteiger charge is 2.26. The number of hydroxylamine groups is 1. The predicted octanol–water partition coefficient (Wildman–Crippen LogP) is 5.03. The molecule has 0 radical (unpaired) electrons. The Balaban J connectivity index is 0.00000167. The zero-order chi connectivity index (χ0) is 34.6. The number of aromatic hydroxyl groups is 1. The number of carbonyl (C=O) groups is 2. The number of halogens is 2. The van der Waals surface area contributed by atoms with Crippen LogP contribution in [0.1, 0.15) is 35.2 Å². The molecule has 12 nitrogen and oxygen atoms in total. The van der Waals surface area contributed by atoms with Gasteiger partial charge in [-0.2, -0.15) is 10.5 Å². The third-order valence-corrected chi connectivity index (χ3v) is 7.88. The maximum Gasteiger partial charge on any atom is 0.290 e. The number of benzene rings is 2. The van der Waals surface area contributed by atoms with Gasteiger partial charge in [0.1, 0.15) is 35.1 Å². The second kappa shape index (κ2) is 16.6. The number of rotatable bonds is 8. The number of phenolic OH excluding ortho intramolecular Hbond substituents is 1. The molecule has 1 amide bonds. The number of nitriles is 2. The number of carboxylic acid groups (broad SMARTS) is 1. The minimum absolute atomic E-state index is 0.109. The molecule has 0 bridgehead atoms. The lowest BCUT2D eigenvalue weighted by atomic mass is 9.91. The number of hydrogen-bond acceptors (Lipinski definition) is 10. The van der Waals surface area contributed by atoms with Gasteiger partial charge in [-0.05, 0) is 65.9 Å². The first-order chi connectivity index (χ1) is 23.2. The summed E-state index contributed by atoms with van der Waals surface area (Å²) in [5, 5.41) is 49.1. The van der Waals surface area contributed by atoms with Crippen LogP contribution in [0.25, 0.3) is 28.3 Å². The van der Waals surface area contributed by atoms with E-state index < -0.39 is 11.7 Å². The third-order valence-electron chi connectivity index (χ3n) is 7.56. The Bertz CT molecular complexity index is 1900. The fourth-order valence-corrected chi connectivity index (χ4v) is 5.32. The van der Waals surface area contributed by atoms with Crippen molar-refractivity contribution in [3.63, 3.8) is 0 Å². The summed E-state index contributed by atoms with van der Waals surface area (Å²) in [5.74, 6) is -0.999. The minimum Gasteiger partial charge on any atom is -0.506 e. The normalized spacial score (nSPS) is 12.8. The van der Waals surface area contributed by atoms with E-state index >= 15 is 0 Å². The Morgan fingerprint density at radius 3 is 2.40 bits per heavy atom. The summed E-state index contributed by atoms with van der Waals surface area (Å²) in [6.07, 6.45) is 7.55. The number of nitrogens with zero attached hydrogens (tertiary/aromatic N) is 5. The first-order valence-corrected chi connectivity index (χ1v) is 14.9. The number of anilines is 1. The van der Waals surface area contributed by atoms with Gasteiger partial charge in [0.05, 0.1) is 16.3 Å². The maximum absolute atomic E-state index is 14.8. The molecular weight excluding hydrogens is 641 g/mol. The van der Waals surface area contributed by atoms with Gasteiger partial charge >= 0.3 is 0 Å². The lowest BCUT2D eigenvalue weighted by Gasteiger charge is -2.34. The highest BCUT2D eigenvalue weighted by molar-refractivity contribution is 6.32. The summed E-state index contributed by atoms with van der Waals surface area (Å²) < 4.78 is 14.8. The van der Waals surface area contributed by atoms with Crippen LogP contribution in [0.5, 0.6) is 5.75 Å². The van der Waals surface area contributed by atoms with Crippen LogP contribution in [-0.4, -0.2) is 56.9 Å². The lowest BCUT2D eigenvalue weighted by molar-refractivity contribution is -0.124. The Hall–Kier alpha value is -5.86. The molecule has 14 heteroatoms. The summed E-state index contributed by atoms with van der Waals surface area (Å²) in [4.78, 5) is 30.6. The molecule has 1 aliphatic rings. The number of nitrogens with one attached hydrogen (secondary N) is 2. The van der Waals surface area contributed by atoms with E-state index in [0.717, 1.165) is 24.1 Å². The van der Waals surface area contributed by atoms with Gasteiger partial charge < -0.3 is 20.4 Å².